The maximum atomic E-state index is 10.7. The Hall–Kier alpha value is -1.75. The number of nitro benzene ring substituents is 1. The van der Waals surface area contributed by atoms with Gasteiger partial charge in [-0.3, -0.25) is 10.1 Å². The summed E-state index contributed by atoms with van der Waals surface area (Å²) >= 11 is -0.578. The minimum absolute atomic E-state index is 0.119. The number of rotatable bonds is 3. The Balaban J connectivity index is 2.23. The van der Waals surface area contributed by atoms with Gasteiger partial charge in [-0.15, -0.1) is 11.1 Å². The second-order valence-electron chi connectivity index (χ2n) is 2.98. The number of nitrogens with one attached hydrogen (secondary N) is 1. The molecule has 1 heterocycles. The highest BCUT2D eigenvalue weighted by Gasteiger charge is 2.13. The molecule has 2 rings (SSSR count). The Labute approximate surface area is 89.9 Å². The van der Waals surface area contributed by atoms with Crippen LogP contribution >= 0.6 is 11.1 Å². The van der Waals surface area contributed by atoms with E-state index in [-0.39, 0.29) is 10.6 Å². The molecule has 1 aromatic rings. The molecule has 1 aromatic carbocycles. The first-order valence-corrected chi connectivity index (χ1v) is 5.89. The molecule has 78 valence electrons. The quantitative estimate of drug-likeness (QED) is 0.469. The van der Waals surface area contributed by atoms with Crippen LogP contribution in [0, 0.1) is 10.1 Å². The van der Waals surface area contributed by atoms with Crippen LogP contribution in [0.15, 0.2) is 47.2 Å². The van der Waals surface area contributed by atoms with Gasteiger partial charge in [-0.25, -0.2) is 0 Å². The van der Waals surface area contributed by atoms with E-state index in [0.717, 1.165) is 0 Å². The van der Waals surface area contributed by atoms with E-state index >= 15 is 0 Å². The van der Waals surface area contributed by atoms with E-state index in [9.17, 15) is 10.1 Å². The predicted octanol–water partition coefficient (Wildman–Crippen LogP) is 2.96. The highest BCUT2D eigenvalue weighted by Crippen LogP contribution is 2.36. The summed E-state index contributed by atoms with van der Waals surface area (Å²) in [5.41, 5.74) is 0.693. The number of anilines is 1. The monoisotopic (exact) mass is 222 g/mol. The number of hydrogen-bond donors (Lipinski definition) is 2. The number of nitro groups is 1. The van der Waals surface area contributed by atoms with Crippen molar-refractivity contribution in [2.75, 3.05) is 4.72 Å². The molecule has 1 aliphatic heterocycles. The second kappa shape index (κ2) is 4.18. The lowest BCUT2D eigenvalue weighted by Crippen LogP contribution is -1.96. The Morgan fingerprint density at radius 2 is 1.87 bits per heavy atom. The zero-order valence-corrected chi connectivity index (χ0v) is 8.72. The van der Waals surface area contributed by atoms with E-state index in [1.807, 2.05) is 23.0 Å². The number of thiol groups is 1. The summed E-state index contributed by atoms with van der Waals surface area (Å²) in [5.74, 6) is 0. The van der Waals surface area contributed by atoms with Gasteiger partial charge in [0.05, 0.1) is 4.92 Å². The summed E-state index contributed by atoms with van der Waals surface area (Å²) in [7, 11) is 0. The molecular formula is C10H10N2O2S. The van der Waals surface area contributed by atoms with Gasteiger partial charge in [-0.2, -0.15) is 0 Å². The molecule has 0 amide bonds. The molecule has 0 saturated carbocycles. The Morgan fingerprint density at radius 1 is 1.20 bits per heavy atom. The van der Waals surface area contributed by atoms with E-state index < -0.39 is 11.1 Å². The topological polar surface area (TPSA) is 55.2 Å². The zero-order chi connectivity index (χ0) is 10.7. The average Bonchev–Trinajstić information content (AvgIpc) is 2.71. The van der Waals surface area contributed by atoms with Gasteiger partial charge in [0.2, 0.25) is 0 Å². The van der Waals surface area contributed by atoms with E-state index in [0.29, 0.717) is 5.69 Å². The van der Waals surface area contributed by atoms with Crippen LogP contribution in [0.25, 0.3) is 0 Å². The summed E-state index contributed by atoms with van der Waals surface area (Å²) in [6.45, 7) is 0. The molecule has 1 N–H and O–H groups in total. The number of allylic oxidation sites excluding steroid dienone is 2. The van der Waals surface area contributed by atoms with Crippen molar-refractivity contribution in [2.45, 2.75) is 0 Å². The second-order valence-corrected chi connectivity index (χ2v) is 4.61. The molecule has 15 heavy (non-hydrogen) atoms. The Morgan fingerprint density at radius 3 is 2.53 bits per heavy atom. The lowest BCUT2D eigenvalue weighted by atomic mass is 10.3. The number of para-hydroxylation sites is 2. The highest BCUT2D eigenvalue weighted by atomic mass is 32.2. The largest absolute Gasteiger partial charge is 0.337 e. The van der Waals surface area contributed by atoms with Crippen molar-refractivity contribution in [2.24, 2.45) is 0 Å². The average molecular weight is 222 g/mol. The molecule has 0 spiro atoms. The fraction of sp³-hybridized carbons (Fsp3) is 0. The van der Waals surface area contributed by atoms with Gasteiger partial charge in [0, 0.05) is 6.07 Å². The molecule has 0 aliphatic carbocycles. The lowest BCUT2D eigenvalue weighted by Gasteiger charge is -2.13. The molecule has 0 bridgehead atoms. The van der Waals surface area contributed by atoms with Crippen molar-refractivity contribution < 1.29 is 4.92 Å². The third kappa shape index (κ3) is 2.19. The van der Waals surface area contributed by atoms with Gasteiger partial charge in [0.1, 0.15) is 5.69 Å². The van der Waals surface area contributed by atoms with Gasteiger partial charge in [0.15, 0.2) is 0 Å². The van der Waals surface area contributed by atoms with Crippen molar-refractivity contribution >= 4 is 22.5 Å². The smallest absolute Gasteiger partial charge is 0.293 e. The van der Waals surface area contributed by atoms with E-state index in [1.165, 1.54) is 6.07 Å². The summed E-state index contributed by atoms with van der Waals surface area (Å²) in [6.07, 6.45) is 3.88. The molecule has 0 aromatic heterocycles. The van der Waals surface area contributed by atoms with Gasteiger partial charge in [0.25, 0.3) is 5.69 Å². The normalized spacial score (nSPS) is 15.6. The van der Waals surface area contributed by atoms with Crippen LogP contribution in [0.5, 0.6) is 0 Å². The van der Waals surface area contributed by atoms with Gasteiger partial charge in [-0.05, 0) is 16.9 Å². The summed E-state index contributed by atoms with van der Waals surface area (Å²) in [4.78, 5) is 10.4. The van der Waals surface area contributed by atoms with Crippen molar-refractivity contribution in [3.05, 3.63) is 57.3 Å². The molecule has 5 heteroatoms. The SMILES string of the molecule is O=[N+]([O-])c1ccccc1N[SH]1C=CC=C1. The van der Waals surface area contributed by atoms with Gasteiger partial charge < -0.3 is 4.72 Å². The van der Waals surface area contributed by atoms with Gasteiger partial charge >= 0.3 is 0 Å². The fourth-order valence-electron chi connectivity index (χ4n) is 1.28. The van der Waals surface area contributed by atoms with Crippen LogP contribution in [-0.4, -0.2) is 4.92 Å². The highest BCUT2D eigenvalue weighted by molar-refractivity contribution is 8.23. The molecule has 0 unspecified atom stereocenters. The summed E-state index contributed by atoms with van der Waals surface area (Å²) in [5, 5.41) is 14.7. The van der Waals surface area contributed by atoms with Crippen LogP contribution < -0.4 is 4.72 Å². The van der Waals surface area contributed by atoms with Crippen molar-refractivity contribution in [3.8, 4) is 0 Å². The van der Waals surface area contributed by atoms with E-state index in [1.54, 1.807) is 18.2 Å². The maximum Gasteiger partial charge on any atom is 0.293 e. The third-order valence-electron chi connectivity index (χ3n) is 1.95. The van der Waals surface area contributed by atoms with Crippen LogP contribution in [-0.2, 0) is 0 Å². The number of hydrogen-bond acceptors (Lipinski definition) is 3. The number of benzene rings is 1. The van der Waals surface area contributed by atoms with Crippen LogP contribution in [0.2, 0.25) is 0 Å². The zero-order valence-electron chi connectivity index (χ0n) is 7.83. The fourth-order valence-corrected chi connectivity index (χ4v) is 2.56. The van der Waals surface area contributed by atoms with E-state index in [2.05, 4.69) is 4.72 Å². The molecule has 1 aliphatic rings. The number of nitrogens with zero attached hydrogens (tertiary/aromatic N) is 1. The first kappa shape index (κ1) is 9.79. The third-order valence-corrected chi connectivity index (χ3v) is 3.44. The minimum Gasteiger partial charge on any atom is -0.337 e. The lowest BCUT2D eigenvalue weighted by molar-refractivity contribution is -0.383. The first-order valence-electron chi connectivity index (χ1n) is 4.41. The standard InChI is InChI=1S/C10H10N2O2S/c13-12(14)10-6-2-1-5-9(10)11-15-7-3-4-8-15/h1-8,11,15H. The van der Waals surface area contributed by atoms with E-state index in [4.69, 9.17) is 0 Å². The molecular weight excluding hydrogens is 212 g/mol. The minimum atomic E-state index is -0.578. The van der Waals surface area contributed by atoms with Crippen LogP contribution in [0.3, 0.4) is 0 Å². The molecule has 0 atom stereocenters. The molecule has 4 nitrogen and oxygen atoms in total. The maximum absolute atomic E-state index is 10.7. The van der Waals surface area contributed by atoms with Crippen LogP contribution in [0.1, 0.15) is 0 Å². The van der Waals surface area contributed by atoms with Gasteiger partial charge in [-0.1, -0.05) is 24.3 Å². The Bertz CT molecular complexity index is 431. The van der Waals surface area contributed by atoms with Crippen molar-refractivity contribution in [3.63, 3.8) is 0 Å². The molecule has 0 saturated heterocycles. The molecule has 0 fully saturated rings. The van der Waals surface area contributed by atoms with Crippen molar-refractivity contribution in [1.82, 2.24) is 0 Å². The first-order chi connectivity index (χ1) is 7.27. The van der Waals surface area contributed by atoms with Crippen molar-refractivity contribution in [1.29, 1.82) is 0 Å². The summed E-state index contributed by atoms with van der Waals surface area (Å²) in [6, 6.07) is 6.67. The Kier molecular flexibility index (Phi) is 2.73. The summed E-state index contributed by atoms with van der Waals surface area (Å²) < 4.78 is 3.14. The van der Waals surface area contributed by atoms with Crippen LogP contribution in [0.4, 0.5) is 11.4 Å². The molecule has 0 radical (unpaired) electrons. The predicted molar refractivity (Wildman–Crippen MR) is 64.0 cm³/mol.